The number of amides is 1. The van der Waals surface area contributed by atoms with Crippen molar-refractivity contribution in [2.45, 2.75) is 32.7 Å². The number of likely N-dealkylation sites (tertiary alicyclic amines) is 1. The molecule has 0 radical (unpaired) electrons. The van der Waals surface area contributed by atoms with Crippen LogP contribution in [0.3, 0.4) is 0 Å². The first kappa shape index (κ1) is 15.4. The summed E-state index contributed by atoms with van der Waals surface area (Å²) in [6.07, 6.45) is 2.39. The Morgan fingerprint density at radius 2 is 2.06 bits per heavy atom. The Morgan fingerprint density at radius 3 is 2.50 bits per heavy atom. The molecule has 1 aliphatic heterocycles. The van der Waals surface area contributed by atoms with Crippen LogP contribution in [0.1, 0.15) is 26.7 Å². The lowest BCUT2D eigenvalue weighted by atomic mass is 9.95. The van der Waals surface area contributed by atoms with E-state index in [1.54, 1.807) is 4.90 Å². The number of nitrogens with two attached hydrogens (primary N) is 1. The van der Waals surface area contributed by atoms with Crippen molar-refractivity contribution in [2.24, 2.45) is 17.6 Å². The minimum absolute atomic E-state index is 0.0264. The zero-order chi connectivity index (χ0) is 13.9. The Bertz CT molecular complexity index is 392. The molecule has 5 nitrogen and oxygen atoms in total. The van der Waals surface area contributed by atoms with Crippen LogP contribution < -0.4 is 5.73 Å². The van der Waals surface area contributed by atoms with Crippen LogP contribution in [0.5, 0.6) is 0 Å². The summed E-state index contributed by atoms with van der Waals surface area (Å²) in [5.74, 6) is 0.967. The second-order valence-corrected chi connectivity index (χ2v) is 7.86. The van der Waals surface area contributed by atoms with E-state index in [1.807, 2.05) is 0 Å². The van der Waals surface area contributed by atoms with Crippen LogP contribution in [0.4, 0.5) is 0 Å². The number of carbonyl (C=O) groups excluding carboxylic acids is 1. The van der Waals surface area contributed by atoms with E-state index in [1.165, 1.54) is 0 Å². The van der Waals surface area contributed by atoms with Gasteiger partial charge < -0.3 is 10.6 Å². The highest BCUT2D eigenvalue weighted by Gasteiger charge is 2.30. The van der Waals surface area contributed by atoms with Gasteiger partial charge in [-0.2, -0.15) is 0 Å². The van der Waals surface area contributed by atoms with Gasteiger partial charge in [0.15, 0.2) is 0 Å². The first-order valence-corrected chi connectivity index (χ1v) is 8.49. The van der Waals surface area contributed by atoms with Crippen molar-refractivity contribution in [3.8, 4) is 0 Å². The number of carbonyl (C=O) groups is 1. The van der Waals surface area contributed by atoms with Gasteiger partial charge in [-0.3, -0.25) is 4.79 Å². The van der Waals surface area contributed by atoms with Gasteiger partial charge >= 0.3 is 0 Å². The zero-order valence-corrected chi connectivity index (χ0v) is 12.2. The van der Waals surface area contributed by atoms with E-state index in [9.17, 15) is 13.2 Å². The van der Waals surface area contributed by atoms with Gasteiger partial charge in [-0.05, 0) is 24.7 Å². The quantitative estimate of drug-likeness (QED) is 0.780. The summed E-state index contributed by atoms with van der Waals surface area (Å²) in [6, 6.07) is -0.689. The van der Waals surface area contributed by atoms with Crippen molar-refractivity contribution in [1.29, 1.82) is 0 Å². The molecule has 1 saturated heterocycles. The first-order valence-electron chi connectivity index (χ1n) is 6.43. The number of nitrogens with zero attached hydrogens (tertiary/aromatic N) is 1. The zero-order valence-electron chi connectivity index (χ0n) is 11.4. The van der Waals surface area contributed by atoms with E-state index >= 15 is 0 Å². The molecule has 1 rings (SSSR count). The molecular weight excluding hydrogens is 252 g/mol. The van der Waals surface area contributed by atoms with Crippen LogP contribution in [-0.4, -0.2) is 50.4 Å². The van der Waals surface area contributed by atoms with Gasteiger partial charge in [-0.25, -0.2) is 8.42 Å². The summed E-state index contributed by atoms with van der Waals surface area (Å²) >= 11 is 0. The van der Waals surface area contributed by atoms with E-state index in [4.69, 9.17) is 5.73 Å². The van der Waals surface area contributed by atoms with Crippen LogP contribution in [-0.2, 0) is 14.6 Å². The summed E-state index contributed by atoms with van der Waals surface area (Å²) < 4.78 is 22.1. The minimum atomic E-state index is -3.05. The molecule has 0 aromatic rings. The predicted molar refractivity (Wildman–Crippen MR) is 71.8 cm³/mol. The molecule has 0 saturated carbocycles. The number of rotatable bonds is 5. The molecule has 1 fully saturated rings. The van der Waals surface area contributed by atoms with Gasteiger partial charge in [0, 0.05) is 19.3 Å². The fraction of sp³-hybridized carbons (Fsp3) is 0.917. The lowest BCUT2D eigenvalue weighted by molar-refractivity contribution is -0.131. The largest absolute Gasteiger partial charge is 0.341 e. The maximum atomic E-state index is 12.0. The molecule has 2 N–H and O–H groups in total. The summed E-state index contributed by atoms with van der Waals surface area (Å²) in [5, 5.41) is 0. The Morgan fingerprint density at radius 1 is 1.44 bits per heavy atom. The van der Waals surface area contributed by atoms with Gasteiger partial charge in [0.2, 0.25) is 5.91 Å². The maximum absolute atomic E-state index is 12.0. The van der Waals surface area contributed by atoms with E-state index in [0.717, 1.165) is 25.8 Å². The third-order valence-electron chi connectivity index (χ3n) is 3.60. The van der Waals surface area contributed by atoms with Crippen LogP contribution >= 0.6 is 0 Å². The van der Waals surface area contributed by atoms with Crippen LogP contribution in [0, 0.1) is 11.8 Å². The fourth-order valence-electron chi connectivity index (χ4n) is 2.23. The van der Waals surface area contributed by atoms with E-state index in [2.05, 4.69) is 13.8 Å². The average Bonchev–Trinajstić information content (AvgIpc) is 2.73. The summed E-state index contributed by atoms with van der Waals surface area (Å²) in [5.41, 5.74) is 5.77. The average molecular weight is 276 g/mol. The monoisotopic (exact) mass is 276 g/mol. The highest BCUT2D eigenvalue weighted by Crippen LogP contribution is 2.24. The molecule has 6 heteroatoms. The summed E-state index contributed by atoms with van der Waals surface area (Å²) in [6.45, 7) is 5.81. The van der Waals surface area contributed by atoms with E-state index in [-0.39, 0.29) is 18.1 Å². The van der Waals surface area contributed by atoms with Gasteiger partial charge in [0.05, 0.1) is 11.8 Å². The maximum Gasteiger partial charge on any atom is 0.239 e. The van der Waals surface area contributed by atoms with Crippen molar-refractivity contribution in [1.82, 2.24) is 4.90 Å². The number of hydrogen-bond acceptors (Lipinski definition) is 4. The Labute approximate surface area is 110 Å². The van der Waals surface area contributed by atoms with Crippen molar-refractivity contribution >= 4 is 15.7 Å². The molecule has 0 spiro atoms. The van der Waals surface area contributed by atoms with Crippen molar-refractivity contribution in [3.63, 3.8) is 0 Å². The lowest BCUT2D eigenvalue weighted by Crippen LogP contribution is -2.43. The van der Waals surface area contributed by atoms with Gasteiger partial charge in [0.25, 0.3) is 0 Å². The van der Waals surface area contributed by atoms with Gasteiger partial charge in [0.1, 0.15) is 9.84 Å². The molecule has 0 bridgehead atoms. The Hall–Kier alpha value is -0.620. The second-order valence-electron chi connectivity index (χ2n) is 5.60. The predicted octanol–water partition coefficient (Wildman–Crippen LogP) is 0.253. The molecule has 0 aliphatic carbocycles. The summed E-state index contributed by atoms with van der Waals surface area (Å²) in [7, 11) is -3.05. The second kappa shape index (κ2) is 6.02. The van der Waals surface area contributed by atoms with Crippen LogP contribution in [0.15, 0.2) is 0 Å². The third kappa shape index (κ3) is 4.57. The normalized spacial score (nSPS) is 22.5. The third-order valence-corrected chi connectivity index (χ3v) is 4.57. The lowest BCUT2D eigenvalue weighted by Gasteiger charge is -2.21. The molecule has 2 unspecified atom stereocenters. The molecular formula is C12H24N2O3S. The molecule has 2 atom stereocenters. The van der Waals surface area contributed by atoms with Crippen molar-refractivity contribution < 1.29 is 13.2 Å². The minimum Gasteiger partial charge on any atom is -0.341 e. The van der Waals surface area contributed by atoms with Crippen molar-refractivity contribution in [3.05, 3.63) is 0 Å². The van der Waals surface area contributed by atoms with Gasteiger partial charge in [-0.15, -0.1) is 0 Å². The molecule has 1 amide bonds. The molecule has 1 heterocycles. The van der Waals surface area contributed by atoms with Crippen molar-refractivity contribution in [2.75, 3.05) is 25.1 Å². The molecule has 106 valence electrons. The SMILES string of the molecule is CC(C)C1CCN(C(=O)C(N)CCS(C)(=O)=O)C1. The topological polar surface area (TPSA) is 80.5 Å². The Balaban J connectivity index is 2.45. The van der Waals surface area contributed by atoms with Gasteiger partial charge in [-0.1, -0.05) is 13.8 Å². The number of hydrogen-bond donors (Lipinski definition) is 1. The molecule has 0 aromatic carbocycles. The number of sulfone groups is 1. The Kier molecular flexibility index (Phi) is 5.16. The van der Waals surface area contributed by atoms with E-state index in [0.29, 0.717) is 11.8 Å². The summed E-state index contributed by atoms with van der Waals surface area (Å²) in [4.78, 5) is 13.8. The molecule has 18 heavy (non-hydrogen) atoms. The highest BCUT2D eigenvalue weighted by molar-refractivity contribution is 7.90. The van der Waals surface area contributed by atoms with Crippen LogP contribution in [0.25, 0.3) is 0 Å². The van der Waals surface area contributed by atoms with E-state index < -0.39 is 15.9 Å². The molecule has 0 aromatic heterocycles. The molecule has 1 aliphatic rings. The highest BCUT2D eigenvalue weighted by atomic mass is 32.2. The van der Waals surface area contributed by atoms with Crippen LogP contribution in [0.2, 0.25) is 0 Å². The fourth-order valence-corrected chi connectivity index (χ4v) is 2.91. The first-order chi connectivity index (χ1) is 8.20. The smallest absolute Gasteiger partial charge is 0.239 e. The standard InChI is InChI=1S/C12H24N2O3S/c1-9(2)10-4-6-14(8-10)12(15)11(13)5-7-18(3,16)17/h9-11H,4-8,13H2,1-3H3.